The molecular weight excluding hydrogens is 274 g/mol. The highest BCUT2D eigenvalue weighted by atomic mass is 16.5. The highest BCUT2D eigenvalue weighted by Crippen LogP contribution is 2.06. The molecule has 2 amide bonds. The molecule has 0 bridgehead atoms. The Hall–Kier alpha value is -2.81. The molecule has 21 heavy (non-hydrogen) atoms. The molecule has 6 nitrogen and oxygen atoms in total. The zero-order chi connectivity index (χ0) is 15.7. The van der Waals surface area contributed by atoms with E-state index in [9.17, 15) is 14.4 Å². The monoisotopic (exact) mass is 289 g/mol. The predicted molar refractivity (Wildman–Crippen MR) is 74.4 cm³/mol. The van der Waals surface area contributed by atoms with Crippen LogP contribution in [0, 0.1) is 12.3 Å². The van der Waals surface area contributed by atoms with Gasteiger partial charge in [0.05, 0.1) is 13.0 Å². The molecule has 0 saturated heterocycles. The summed E-state index contributed by atoms with van der Waals surface area (Å²) >= 11 is 0. The number of terminal acetylenes is 1. The van der Waals surface area contributed by atoms with Crippen LogP contribution < -0.4 is 5.32 Å². The fraction of sp³-hybridized carbons (Fsp3) is 0.267. The summed E-state index contributed by atoms with van der Waals surface area (Å²) in [6.45, 7) is 1.83. The lowest BCUT2D eigenvalue weighted by molar-refractivity contribution is -0.142. The summed E-state index contributed by atoms with van der Waals surface area (Å²) in [5, 5.41) is 2.02. The van der Waals surface area contributed by atoms with E-state index in [1.165, 1.54) is 12.1 Å². The molecule has 0 heterocycles. The highest BCUT2D eigenvalue weighted by molar-refractivity contribution is 6.02. The van der Waals surface area contributed by atoms with Gasteiger partial charge in [0, 0.05) is 5.56 Å². The van der Waals surface area contributed by atoms with Gasteiger partial charge in [0.1, 0.15) is 0 Å². The minimum absolute atomic E-state index is 0.125. The van der Waals surface area contributed by atoms with E-state index in [0.717, 1.165) is 0 Å². The number of carbonyl (C=O) groups is 3. The van der Waals surface area contributed by atoms with Crippen molar-refractivity contribution in [2.24, 2.45) is 0 Å². The summed E-state index contributed by atoms with van der Waals surface area (Å²) in [6.07, 6.45) is 4.14. The lowest BCUT2D eigenvalue weighted by Crippen LogP contribution is -2.31. The topological polar surface area (TPSA) is 81.7 Å². The summed E-state index contributed by atoms with van der Waals surface area (Å²) in [5.74, 6) is 1.16. The van der Waals surface area contributed by atoms with Gasteiger partial charge in [-0.2, -0.15) is 0 Å². The molecule has 6 heteroatoms. The highest BCUT2D eigenvalue weighted by Gasteiger charge is 2.11. The SMILES string of the molecule is C#CCOC(=O)NC(=O)c1ccc(CC(=O)OCC)cc1. The van der Waals surface area contributed by atoms with E-state index in [-0.39, 0.29) is 24.6 Å². The third kappa shape index (κ3) is 5.78. The molecule has 0 saturated carbocycles. The Kier molecular flexibility index (Phi) is 6.48. The minimum Gasteiger partial charge on any atom is -0.466 e. The largest absolute Gasteiger partial charge is 0.466 e. The average molecular weight is 289 g/mol. The van der Waals surface area contributed by atoms with E-state index in [1.807, 2.05) is 5.32 Å². The number of hydrogen-bond donors (Lipinski definition) is 1. The molecule has 0 spiro atoms. The van der Waals surface area contributed by atoms with Gasteiger partial charge in [-0.1, -0.05) is 18.1 Å². The molecule has 110 valence electrons. The van der Waals surface area contributed by atoms with Crippen LogP contribution in [0.4, 0.5) is 4.79 Å². The average Bonchev–Trinajstić information content (AvgIpc) is 2.46. The molecule has 1 aromatic rings. The van der Waals surface area contributed by atoms with Crippen molar-refractivity contribution in [3.05, 3.63) is 35.4 Å². The van der Waals surface area contributed by atoms with Gasteiger partial charge in [-0.25, -0.2) is 4.79 Å². The number of carbonyl (C=O) groups excluding carboxylic acids is 3. The summed E-state index contributed by atoms with van der Waals surface area (Å²) in [7, 11) is 0. The molecule has 1 N–H and O–H groups in total. The lowest BCUT2D eigenvalue weighted by Gasteiger charge is -2.05. The zero-order valence-electron chi connectivity index (χ0n) is 11.5. The first-order chi connectivity index (χ1) is 10.1. The van der Waals surface area contributed by atoms with E-state index in [0.29, 0.717) is 12.2 Å². The molecule has 1 aromatic carbocycles. The first-order valence-corrected chi connectivity index (χ1v) is 6.23. The number of amides is 2. The van der Waals surface area contributed by atoms with Gasteiger partial charge in [-0.05, 0) is 24.6 Å². The Morgan fingerprint density at radius 1 is 1.19 bits per heavy atom. The van der Waals surface area contributed by atoms with Crippen LogP contribution in [0.3, 0.4) is 0 Å². The summed E-state index contributed by atoms with van der Waals surface area (Å²) in [6, 6.07) is 6.22. The summed E-state index contributed by atoms with van der Waals surface area (Å²) in [4.78, 5) is 34.2. The van der Waals surface area contributed by atoms with Gasteiger partial charge >= 0.3 is 12.1 Å². The van der Waals surface area contributed by atoms with Crippen LogP contribution in [0.5, 0.6) is 0 Å². The van der Waals surface area contributed by atoms with Gasteiger partial charge in [-0.15, -0.1) is 6.42 Å². The van der Waals surface area contributed by atoms with Crippen molar-refractivity contribution < 1.29 is 23.9 Å². The third-order valence-corrected chi connectivity index (χ3v) is 2.37. The van der Waals surface area contributed by atoms with Crippen LogP contribution in [0.25, 0.3) is 0 Å². The number of alkyl carbamates (subject to hydrolysis) is 1. The van der Waals surface area contributed by atoms with E-state index < -0.39 is 12.0 Å². The number of imide groups is 1. The second-order valence-electron chi connectivity index (χ2n) is 3.91. The number of nitrogens with one attached hydrogen (secondary N) is 1. The van der Waals surface area contributed by atoms with E-state index >= 15 is 0 Å². The fourth-order valence-corrected chi connectivity index (χ4v) is 1.46. The van der Waals surface area contributed by atoms with Crippen molar-refractivity contribution in [2.75, 3.05) is 13.2 Å². The Balaban J connectivity index is 2.57. The number of ether oxygens (including phenoxy) is 2. The van der Waals surface area contributed by atoms with E-state index in [1.54, 1.807) is 19.1 Å². The molecule has 0 aliphatic rings. The molecule has 0 unspecified atom stereocenters. The smallest absolute Gasteiger partial charge is 0.415 e. The Bertz CT molecular complexity index is 556. The Morgan fingerprint density at radius 2 is 1.86 bits per heavy atom. The van der Waals surface area contributed by atoms with Crippen molar-refractivity contribution in [1.29, 1.82) is 0 Å². The molecular formula is C15H15NO5. The lowest BCUT2D eigenvalue weighted by atomic mass is 10.1. The van der Waals surface area contributed by atoms with Crippen LogP contribution in [0.15, 0.2) is 24.3 Å². The first kappa shape index (κ1) is 16.2. The number of esters is 1. The Labute approximate surface area is 122 Å². The normalized spacial score (nSPS) is 9.33. The number of benzene rings is 1. The van der Waals surface area contributed by atoms with Crippen LogP contribution in [0.1, 0.15) is 22.8 Å². The number of rotatable bonds is 5. The molecule has 1 rings (SSSR count). The van der Waals surface area contributed by atoms with Crippen molar-refractivity contribution >= 4 is 18.0 Å². The maximum absolute atomic E-state index is 11.7. The molecule has 0 atom stereocenters. The first-order valence-electron chi connectivity index (χ1n) is 6.23. The molecule has 0 fully saturated rings. The van der Waals surface area contributed by atoms with Crippen molar-refractivity contribution in [3.8, 4) is 12.3 Å². The zero-order valence-corrected chi connectivity index (χ0v) is 11.5. The van der Waals surface area contributed by atoms with Gasteiger partial charge in [0.15, 0.2) is 6.61 Å². The van der Waals surface area contributed by atoms with Crippen molar-refractivity contribution in [2.45, 2.75) is 13.3 Å². The Morgan fingerprint density at radius 3 is 2.43 bits per heavy atom. The van der Waals surface area contributed by atoms with Crippen LogP contribution in [-0.4, -0.2) is 31.2 Å². The van der Waals surface area contributed by atoms with Gasteiger partial charge in [-0.3, -0.25) is 14.9 Å². The minimum atomic E-state index is -0.909. The standard InChI is InChI=1S/C15H15NO5/c1-3-9-21-15(19)16-14(18)12-7-5-11(6-8-12)10-13(17)20-4-2/h1,5-8H,4,9-10H2,2H3,(H,16,18,19). The maximum Gasteiger partial charge on any atom is 0.415 e. The van der Waals surface area contributed by atoms with Gasteiger partial charge in [0.2, 0.25) is 0 Å². The third-order valence-electron chi connectivity index (χ3n) is 2.37. The molecule has 0 radical (unpaired) electrons. The summed E-state index contributed by atoms with van der Waals surface area (Å²) < 4.78 is 9.34. The van der Waals surface area contributed by atoms with E-state index in [2.05, 4.69) is 10.7 Å². The van der Waals surface area contributed by atoms with Crippen molar-refractivity contribution in [3.63, 3.8) is 0 Å². The van der Waals surface area contributed by atoms with Gasteiger partial charge in [0.25, 0.3) is 5.91 Å². The molecule has 0 aliphatic carbocycles. The number of hydrogen-bond acceptors (Lipinski definition) is 5. The molecule has 0 aromatic heterocycles. The van der Waals surface area contributed by atoms with Crippen LogP contribution in [0.2, 0.25) is 0 Å². The van der Waals surface area contributed by atoms with Crippen molar-refractivity contribution in [1.82, 2.24) is 5.32 Å². The van der Waals surface area contributed by atoms with Crippen LogP contribution in [-0.2, 0) is 20.7 Å². The maximum atomic E-state index is 11.7. The second kappa shape index (κ2) is 8.38. The van der Waals surface area contributed by atoms with E-state index in [4.69, 9.17) is 11.2 Å². The molecule has 0 aliphatic heterocycles. The summed E-state index contributed by atoms with van der Waals surface area (Å²) in [5.41, 5.74) is 0.972. The van der Waals surface area contributed by atoms with Crippen LogP contribution >= 0.6 is 0 Å². The second-order valence-corrected chi connectivity index (χ2v) is 3.91. The predicted octanol–water partition coefficient (Wildman–Crippen LogP) is 1.29. The van der Waals surface area contributed by atoms with Gasteiger partial charge < -0.3 is 9.47 Å². The quantitative estimate of drug-likeness (QED) is 0.652. The fourth-order valence-electron chi connectivity index (χ4n) is 1.46.